The van der Waals surface area contributed by atoms with Gasteiger partial charge in [-0.15, -0.1) is 0 Å². The first kappa shape index (κ1) is 14.3. The summed E-state index contributed by atoms with van der Waals surface area (Å²) < 4.78 is 4.67. The summed E-state index contributed by atoms with van der Waals surface area (Å²) in [4.78, 5) is 22.3. The number of allylic oxidation sites excluding steroid dienone is 1. The predicted molar refractivity (Wildman–Crippen MR) is 68.0 cm³/mol. The van der Waals surface area contributed by atoms with Gasteiger partial charge in [0.15, 0.2) is 0 Å². The predicted octanol–water partition coefficient (Wildman–Crippen LogP) is 1.35. The van der Waals surface area contributed by atoms with Crippen molar-refractivity contribution < 1.29 is 14.3 Å². The Morgan fingerprint density at radius 1 is 1.28 bits per heavy atom. The Kier molecular flexibility index (Phi) is 6.04. The maximum absolute atomic E-state index is 11.4. The van der Waals surface area contributed by atoms with E-state index in [1.807, 2.05) is 6.92 Å². The molecule has 0 aliphatic heterocycles. The highest BCUT2D eigenvalue weighted by molar-refractivity contribution is 5.75. The molecule has 0 radical (unpaired) electrons. The maximum Gasteiger partial charge on any atom is 0.407 e. The smallest absolute Gasteiger partial charge is 0.407 e. The molecule has 6 heteroatoms. The molecule has 1 aliphatic rings. The molecule has 6 nitrogen and oxygen atoms in total. The van der Waals surface area contributed by atoms with Crippen molar-refractivity contribution in [3.8, 4) is 0 Å². The van der Waals surface area contributed by atoms with E-state index >= 15 is 0 Å². The first-order chi connectivity index (χ1) is 8.63. The number of hydrogen-bond acceptors (Lipinski definition) is 3. The molecular formula is C12H21N3O3. The molecule has 0 saturated heterocycles. The number of rotatable bonds is 6. The molecule has 18 heavy (non-hydrogen) atoms. The Hall–Kier alpha value is -1.72. The SMILES string of the molecule is CCOC(=O)NCCNC(=O)N/C=C(\C)C1CC1. The molecule has 1 fully saturated rings. The van der Waals surface area contributed by atoms with Crippen LogP contribution in [0.25, 0.3) is 0 Å². The summed E-state index contributed by atoms with van der Waals surface area (Å²) in [6, 6.07) is -0.263. The van der Waals surface area contributed by atoms with Crippen LogP contribution in [0.4, 0.5) is 9.59 Å². The Bertz CT molecular complexity index is 325. The minimum atomic E-state index is -0.468. The fraction of sp³-hybridized carbons (Fsp3) is 0.667. The van der Waals surface area contributed by atoms with Crippen molar-refractivity contribution in [1.29, 1.82) is 0 Å². The van der Waals surface area contributed by atoms with Crippen molar-refractivity contribution >= 4 is 12.1 Å². The zero-order valence-corrected chi connectivity index (χ0v) is 10.9. The highest BCUT2D eigenvalue weighted by Crippen LogP contribution is 2.35. The monoisotopic (exact) mass is 255 g/mol. The van der Waals surface area contributed by atoms with Crippen LogP contribution in [0.1, 0.15) is 26.7 Å². The number of urea groups is 1. The largest absolute Gasteiger partial charge is 0.450 e. The third-order valence-electron chi connectivity index (χ3n) is 2.61. The second-order valence-electron chi connectivity index (χ2n) is 4.21. The lowest BCUT2D eigenvalue weighted by Gasteiger charge is -2.07. The first-order valence-electron chi connectivity index (χ1n) is 6.25. The molecule has 0 spiro atoms. The normalized spacial score (nSPS) is 14.9. The Balaban J connectivity index is 2.02. The number of amides is 3. The standard InChI is InChI=1S/C12H21N3O3/c1-3-18-12(17)14-7-6-13-11(16)15-8-9(2)10-4-5-10/h8,10H,3-7H2,1-2H3,(H,14,17)(H2,13,15,16)/b9-8+. The molecule has 0 aromatic rings. The fourth-order valence-corrected chi connectivity index (χ4v) is 1.41. The van der Waals surface area contributed by atoms with Crippen LogP contribution in [0.15, 0.2) is 11.8 Å². The van der Waals surface area contributed by atoms with Gasteiger partial charge in [0.2, 0.25) is 0 Å². The average molecular weight is 255 g/mol. The van der Waals surface area contributed by atoms with Gasteiger partial charge >= 0.3 is 12.1 Å². The lowest BCUT2D eigenvalue weighted by atomic mass is 10.2. The van der Waals surface area contributed by atoms with Crippen LogP contribution < -0.4 is 16.0 Å². The zero-order valence-electron chi connectivity index (χ0n) is 10.9. The van der Waals surface area contributed by atoms with E-state index in [9.17, 15) is 9.59 Å². The summed E-state index contributed by atoms with van der Waals surface area (Å²) in [5, 5.41) is 7.80. The van der Waals surface area contributed by atoms with Gasteiger partial charge in [0.05, 0.1) is 6.61 Å². The minimum absolute atomic E-state index is 0.263. The van der Waals surface area contributed by atoms with Crippen molar-refractivity contribution in [2.24, 2.45) is 5.92 Å². The fourth-order valence-electron chi connectivity index (χ4n) is 1.41. The lowest BCUT2D eigenvalue weighted by Crippen LogP contribution is -2.38. The van der Waals surface area contributed by atoms with E-state index in [0.29, 0.717) is 25.6 Å². The van der Waals surface area contributed by atoms with Gasteiger partial charge in [0.1, 0.15) is 0 Å². The Morgan fingerprint density at radius 3 is 2.56 bits per heavy atom. The highest BCUT2D eigenvalue weighted by atomic mass is 16.5. The summed E-state index contributed by atoms with van der Waals surface area (Å²) in [6.07, 6.45) is 3.71. The quantitative estimate of drug-likeness (QED) is 0.627. The van der Waals surface area contributed by atoms with Gasteiger partial charge in [-0.2, -0.15) is 0 Å². The topological polar surface area (TPSA) is 79.5 Å². The summed E-state index contributed by atoms with van der Waals surface area (Å²) in [5.74, 6) is 0.649. The van der Waals surface area contributed by atoms with Crippen molar-refractivity contribution in [3.63, 3.8) is 0 Å². The van der Waals surface area contributed by atoms with Gasteiger partial charge in [0.25, 0.3) is 0 Å². The van der Waals surface area contributed by atoms with E-state index in [1.165, 1.54) is 18.4 Å². The maximum atomic E-state index is 11.4. The van der Waals surface area contributed by atoms with Crippen LogP contribution in [0.3, 0.4) is 0 Å². The second-order valence-corrected chi connectivity index (χ2v) is 4.21. The Labute approximate surface area is 107 Å². The molecule has 0 unspecified atom stereocenters. The number of alkyl carbamates (subject to hydrolysis) is 1. The number of carbonyl (C=O) groups is 2. The Morgan fingerprint density at radius 2 is 1.94 bits per heavy atom. The van der Waals surface area contributed by atoms with Gasteiger partial charge in [-0.1, -0.05) is 5.57 Å². The van der Waals surface area contributed by atoms with E-state index in [2.05, 4.69) is 20.7 Å². The average Bonchev–Trinajstić information content (AvgIpc) is 3.16. The van der Waals surface area contributed by atoms with Crippen molar-refractivity contribution in [3.05, 3.63) is 11.8 Å². The van der Waals surface area contributed by atoms with Gasteiger partial charge in [-0.25, -0.2) is 9.59 Å². The van der Waals surface area contributed by atoms with Crippen molar-refractivity contribution in [1.82, 2.24) is 16.0 Å². The van der Waals surface area contributed by atoms with Crippen LogP contribution in [-0.2, 0) is 4.74 Å². The van der Waals surface area contributed by atoms with Crippen LogP contribution in [0, 0.1) is 5.92 Å². The zero-order chi connectivity index (χ0) is 13.4. The number of carbonyl (C=O) groups excluding carboxylic acids is 2. The van der Waals surface area contributed by atoms with Crippen LogP contribution in [-0.4, -0.2) is 31.8 Å². The second kappa shape index (κ2) is 7.58. The molecule has 0 aromatic carbocycles. The van der Waals surface area contributed by atoms with Crippen LogP contribution in [0.5, 0.6) is 0 Å². The highest BCUT2D eigenvalue weighted by Gasteiger charge is 2.22. The molecule has 1 rings (SSSR count). The van der Waals surface area contributed by atoms with E-state index in [4.69, 9.17) is 0 Å². The molecular weight excluding hydrogens is 234 g/mol. The van der Waals surface area contributed by atoms with E-state index < -0.39 is 6.09 Å². The van der Waals surface area contributed by atoms with Crippen LogP contribution >= 0.6 is 0 Å². The third-order valence-corrected chi connectivity index (χ3v) is 2.61. The van der Waals surface area contributed by atoms with Crippen molar-refractivity contribution in [2.75, 3.05) is 19.7 Å². The van der Waals surface area contributed by atoms with Gasteiger partial charge in [-0.3, -0.25) is 0 Å². The summed E-state index contributed by atoms with van der Waals surface area (Å²) in [6.45, 7) is 4.80. The third kappa shape index (κ3) is 6.12. The molecule has 1 saturated carbocycles. The van der Waals surface area contributed by atoms with E-state index in [-0.39, 0.29) is 6.03 Å². The van der Waals surface area contributed by atoms with E-state index in [0.717, 1.165) is 0 Å². The van der Waals surface area contributed by atoms with Crippen molar-refractivity contribution in [2.45, 2.75) is 26.7 Å². The summed E-state index contributed by atoms with van der Waals surface area (Å²) in [7, 11) is 0. The van der Waals surface area contributed by atoms with Gasteiger partial charge < -0.3 is 20.7 Å². The molecule has 3 N–H and O–H groups in total. The number of ether oxygens (including phenoxy) is 1. The molecule has 0 atom stereocenters. The van der Waals surface area contributed by atoms with Crippen LogP contribution in [0.2, 0.25) is 0 Å². The molecule has 0 heterocycles. The van der Waals surface area contributed by atoms with Gasteiger partial charge in [0, 0.05) is 19.3 Å². The van der Waals surface area contributed by atoms with E-state index in [1.54, 1.807) is 13.1 Å². The van der Waals surface area contributed by atoms with Gasteiger partial charge in [-0.05, 0) is 32.6 Å². The molecule has 1 aliphatic carbocycles. The summed E-state index contributed by atoms with van der Waals surface area (Å²) >= 11 is 0. The number of hydrogen-bond donors (Lipinski definition) is 3. The molecule has 3 amide bonds. The molecule has 102 valence electrons. The minimum Gasteiger partial charge on any atom is -0.450 e. The molecule has 0 aromatic heterocycles. The first-order valence-corrected chi connectivity index (χ1v) is 6.25. The summed E-state index contributed by atoms with van der Waals surface area (Å²) in [5.41, 5.74) is 1.20. The molecule has 0 bridgehead atoms. The number of nitrogens with one attached hydrogen (secondary N) is 3. The lowest BCUT2D eigenvalue weighted by molar-refractivity contribution is 0.152.